The molecule has 0 saturated carbocycles. The van der Waals surface area contributed by atoms with E-state index in [0.29, 0.717) is 40.2 Å². The van der Waals surface area contributed by atoms with Crippen LogP contribution in [0.1, 0.15) is 21.7 Å². The van der Waals surface area contributed by atoms with Crippen molar-refractivity contribution >= 4 is 22.6 Å². The average Bonchev–Trinajstić information content (AvgIpc) is 2.97. The fourth-order valence-electron chi connectivity index (χ4n) is 4.74. The Morgan fingerprint density at radius 2 is 1.59 bits per heavy atom. The van der Waals surface area contributed by atoms with Gasteiger partial charge in [-0.25, -0.2) is 4.79 Å². The lowest BCUT2D eigenvalue weighted by molar-refractivity contribution is 0.0600. The zero-order valence-electron chi connectivity index (χ0n) is 22.1. The number of phenolic OH excluding ortho intramolecular Hbond substituents is 1. The SMILES string of the molecule is COC(=O)c1ccc(Oc2c(C)oc3c(CN4CCN(c5ccc(OC)cc5)CC4)c(O)ccc3c2=O)cc1. The number of esters is 1. The van der Waals surface area contributed by atoms with Gasteiger partial charge in [0.25, 0.3) is 0 Å². The lowest BCUT2D eigenvalue weighted by Crippen LogP contribution is -2.46. The highest BCUT2D eigenvalue weighted by Gasteiger charge is 2.23. The summed E-state index contributed by atoms with van der Waals surface area (Å²) >= 11 is 0. The van der Waals surface area contributed by atoms with Crippen molar-refractivity contribution in [1.29, 1.82) is 0 Å². The summed E-state index contributed by atoms with van der Waals surface area (Å²) in [6.45, 7) is 5.32. The first-order chi connectivity index (χ1) is 18.9. The number of phenols is 1. The molecule has 0 spiro atoms. The van der Waals surface area contributed by atoms with Crippen LogP contribution >= 0.6 is 0 Å². The molecular formula is C30H30N2O7. The molecule has 0 amide bonds. The summed E-state index contributed by atoms with van der Waals surface area (Å²) in [5.41, 5.74) is 2.09. The predicted octanol–water partition coefficient (Wildman–Crippen LogP) is 4.72. The molecule has 3 aromatic carbocycles. The van der Waals surface area contributed by atoms with Crippen LogP contribution < -0.4 is 19.8 Å². The Bertz CT molecular complexity index is 1540. The molecule has 0 radical (unpaired) electrons. The quantitative estimate of drug-likeness (QED) is 0.340. The number of methoxy groups -OCH3 is 2. The van der Waals surface area contributed by atoms with E-state index in [4.69, 9.17) is 18.6 Å². The van der Waals surface area contributed by atoms with E-state index in [1.807, 2.05) is 12.1 Å². The van der Waals surface area contributed by atoms with Gasteiger partial charge >= 0.3 is 5.97 Å². The summed E-state index contributed by atoms with van der Waals surface area (Å²) in [6, 6.07) is 17.4. The van der Waals surface area contributed by atoms with E-state index in [1.54, 1.807) is 44.4 Å². The number of piperazine rings is 1. The van der Waals surface area contributed by atoms with Crippen LogP contribution in [0, 0.1) is 6.92 Å². The Kier molecular flexibility index (Phi) is 7.42. The number of rotatable bonds is 7. The van der Waals surface area contributed by atoms with Crippen molar-refractivity contribution in [3.63, 3.8) is 0 Å². The maximum atomic E-state index is 13.4. The molecule has 1 aliphatic heterocycles. The van der Waals surface area contributed by atoms with Gasteiger partial charge in [0, 0.05) is 38.4 Å². The van der Waals surface area contributed by atoms with E-state index in [1.165, 1.54) is 13.2 Å². The number of aromatic hydroxyl groups is 1. The van der Waals surface area contributed by atoms with Crippen molar-refractivity contribution in [2.75, 3.05) is 45.3 Å². The normalized spacial score (nSPS) is 13.9. The smallest absolute Gasteiger partial charge is 0.337 e. The molecule has 5 rings (SSSR count). The number of carbonyl (C=O) groups excluding carboxylic acids is 1. The van der Waals surface area contributed by atoms with Gasteiger partial charge in [-0.3, -0.25) is 9.69 Å². The molecule has 0 unspecified atom stereocenters. The number of carbonyl (C=O) groups is 1. The first-order valence-corrected chi connectivity index (χ1v) is 12.6. The Morgan fingerprint density at radius 3 is 2.23 bits per heavy atom. The van der Waals surface area contributed by atoms with E-state index in [0.717, 1.165) is 37.6 Å². The Labute approximate surface area is 225 Å². The van der Waals surface area contributed by atoms with Crippen molar-refractivity contribution in [2.24, 2.45) is 0 Å². The van der Waals surface area contributed by atoms with Crippen LogP contribution in [-0.4, -0.2) is 56.4 Å². The minimum atomic E-state index is -0.461. The molecule has 1 aliphatic rings. The zero-order chi connectivity index (χ0) is 27.5. The number of aryl methyl sites for hydroxylation is 1. The standard InChI is InChI=1S/C30H30N2O7/c1-19-28(39-23-8-4-20(5-9-23)30(35)37-3)27(34)24-12-13-26(33)25(29(24)38-19)18-31-14-16-32(17-15-31)21-6-10-22(36-2)11-7-21/h4-13,33H,14-18H2,1-3H3. The second-order valence-electron chi connectivity index (χ2n) is 9.34. The fraction of sp³-hybridized carbons (Fsp3) is 0.267. The van der Waals surface area contributed by atoms with E-state index < -0.39 is 5.97 Å². The molecule has 0 atom stereocenters. The summed E-state index contributed by atoms with van der Waals surface area (Å²) in [5, 5.41) is 11.0. The predicted molar refractivity (Wildman–Crippen MR) is 147 cm³/mol. The molecule has 0 bridgehead atoms. The number of hydrogen-bond acceptors (Lipinski definition) is 9. The molecule has 1 fully saturated rings. The monoisotopic (exact) mass is 530 g/mol. The molecular weight excluding hydrogens is 500 g/mol. The van der Waals surface area contributed by atoms with Crippen LogP contribution in [0.3, 0.4) is 0 Å². The van der Waals surface area contributed by atoms with Gasteiger partial charge in [0.1, 0.15) is 28.6 Å². The van der Waals surface area contributed by atoms with E-state index in [-0.39, 0.29) is 16.9 Å². The van der Waals surface area contributed by atoms with E-state index in [2.05, 4.69) is 21.9 Å². The molecule has 1 N–H and O–H groups in total. The van der Waals surface area contributed by atoms with Crippen LogP contribution in [0.2, 0.25) is 0 Å². The molecule has 1 saturated heterocycles. The maximum absolute atomic E-state index is 13.4. The summed E-state index contributed by atoms with van der Waals surface area (Å²) in [4.78, 5) is 29.6. The molecule has 2 heterocycles. The second-order valence-corrected chi connectivity index (χ2v) is 9.34. The Hall–Kier alpha value is -4.50. The van der Waals surface area contributed by atoms with Crippen LogP contribution in [0.25, 0.3) is 11.0 Å². The molecule has 0 aliphatic carbocycles. The first kappa shape index (κ1) is 26.1. The van der Waals surface area contributed by atoms with Crippen molar-refractivity contribution in [1.82, 2.24) is 4.90 Å². The third kappa shape index (κ3) is 5.39. The van der Waals surface area contributed by atoms with Crippen LogP contribution in [0.4, 0.5) is 5.69 Å². The number of nitrogens with zero attached hydrogens (tertiary/aromatic N) is 2. The van der Waals surface area contributed by atoms with Crippen molar-refractivity contribution < 1.29 is 28.5 Å². The third-order valence-electron chi connectivity index (χ3n) is 6.95. The molecule has 39 heavy (non-hydrogen) atoms. The minimum Gasteiger partial charge on any atom is -0.507 e. The Morgan fingerprint density at radius 1 is 0.923 bits per heavy atom. The average molecular weight is 531 g/mol. The second kappa shape index (κ2) is 11.1. The largest absolute Gasteiger partial charge is 0.507 e. The van der Waals surface area contributed by atoms with E-state index in [9.17, 15) is 14.7 Å². The molecule has 9 heteroatoms. The fourth-order valence-corrected chi connectivity index (χ4v) is 4.74. The van der Waals surface area contributed by atoms with Crippen LogP contribution in [0.15, 0.2) is 69.9 Å². The Balaban J connectivity index is 1.35. The highest BCUT2D eigenvalue weighted by Crippen LogP contribution is 2.32. The maximum Gasteiger partial charge on any atom is 0.337 e. The topological polar surface area (TPSA) is 102 Å². The number of fused-ring (bicyclic) bond motifs is 1. The molecule has 202 valence electrons. The number of ether oxygens (including phenoxy) is 3. The number of hydrogen-bond donors (Lipinski definition) is 1. The van der Waals surface area contributed by atoms with Gasteiger partial charge in [-0.15, -0.1) is 0 Å². The van der Waals surface area contributed by atoms with Crippen LogP contribution in [-0.2, 0) is 11.3 Å². The van der Waals surface area contributed by atoms with Gasteiger partial charge in [0.15, 0.2) is 0 Å². The molecule has 4 aromatic rings. The first-order valence-electron chi connectivity index (χ1n) is 12.6. The zero-order valence-corrected chi connectivity index (χ0v) is 22.1. The summed E-state index contributed by atoms with van der Waals surface area (Å²) in [7, 11) is 2.96. The van der Waals surface area contributed by atoms with Crippen molar-refractivity contribution in [3.05, 3.63) is 87.8 Å². The molecule has 9 nitrogen and oxygen atoms in total. The highest BCUT2D eigenvalue weighted by atomic mass is 16.5. The number of anilines is 1. The van der Waals surface area contributed by atoms with Gasteiger partial charge in [-0.2, -0.15) is 0 Å². The molecule has 1 aromatic heterocycles. The number of benzene rings is 3. The van der Waals surface area contributed by atoms with Crippen LogP contribution in [0.5, 0.6) is 23.0 Å². The minimum absolute atomic E-state index is 0.0538. The highest BCUT2D eigenvalue weighted by molar-refractivity contribution is 5.89. The summed E-state index contributed by atoms with van der Waals surface area (Å²) in [5.74, 6) is 1.17. The third-order valence-corrected chi connectivity index (χ3v) is 6.95. The van der Waals surface area contributed by atoms with Crippen molar-refractivity contribution in [3.8, 4) is 23.0 Å². The summed E-state index contributed by atoms with van der Waals surface area (Å²) < 4.78 is 21.9. The lowest BCUT2D eigenvalue weighted by atomic mass is 10.1. The van der Waals surface area contributed by atoms with Crippen molar-refractivity contribution in [2.45, 2.75) is 13.5 Å². The summed E-state index contributed by atoms with van der Waals surface area (Å²) in [6.07, 6.45) is 0. The van der Waals surface area contributed by atoms with Gasteiger partial charge < -0.3 is 28.6 Å². The van der Waals surface area contributed by atoms with Gasteiger partial charge in [-0.05, 0) is 67.6 Å². The lowest BCUT2D eigenvalue weighted by Gasteiger charge is -2.36. The van der Waals surface area contributed by atoms with E-state index >= 15 is 0 Å². The van der Waals surface area contributed by atoms with Gasteiger partial charge in [0.2, 0.25) is 11.2 Å². The van der Waals surface area contributed by atoms with Gasteiger partial charge in [-0.1, -0.05) is 0 Å². The van der Waals surface area contributed by atoms with Gasteiger partial charge in [0.05, 0.1) is 30.7 Å².